The molecule has 0 atom stereocenters. The van der Waals surface area contributed by atoms with Crippen LogP contribution in [0, 0.1) is 37.3 Å². The van der Waals surface area contributed by atoms with Gasteiger partial charge in [-0.3, -0.25) is 4.98 Å². The van der Waals surface area contributed by atoms with Crippen molar-refractivity contribution in [2.75, 3.05) is 13.7 Å². The molecule has 6 heterocycles. The summed E-state index contributed by atoms with van der Waals surface area (Å²) in [5.41, 5.74) is 3.26. The van der Waals surface area contributed by atoms with Crippen molar-refractivity contribution in [1.82, 2.24) is 19.9 Å². The normalized spacial score (nSPS) is 10.5. The van der Waals surface area contributed by atoms with Crippen LogP contribution < -0.4 is 0 Å². The first-order valence-electron chi connectivity index (χ1n) is 24.1. The predicted molar refractivity (Wildman–Crippen MR) is 302 cm³/mol. The van der Waals surface area contributed by atoms with Crippen molar-refractivity contribution in [2.45, 2.75) is 19.9 Å². The second-order valence-corrected chi connectivity index (χ2v) is 16.8. The number of furan rings is 2. The van der Waals surface area contributed by atoms with E-state index in [0.717, 1.165) is 68.1 Å². The molecule has 0 spiro atoms. The Hall–Kier alpha value is -7.74. The first-order chi connectivity index (χ1) is 38.7. The first kappa shape index (κ1) is 66.8. The van der Waals surface area contributed by atoms with Gasteiger partial charge in [0.1, 0.15) is 28.4 Å². The van der Waals surface area contributed by atoms with Gasteiger partial charge in [0.25, 0.3) is 0 Å². The maximum absolute atomic E-state index is 13.5. The van der Waals surface area contributed by atoms with Crippen LogP contribution in [-0.2, 0) is 54.7 Å². The quantitative estimate of drug-likeness (QED) is 0.0488. The van der Waals surface area contributed by atoms with Crippen molar-refractivity contribution in [3.63, 3.8) is 0 Å². The summed E-state index contributed by atoms with van der Waals surface area (Å²) in [6.45, 7) is 1.93. The van der Waals surface area contributed by atoms with E-state index in [1.54, 1.807) is 49.9 Å². The summed E-state index contributed by atoms with van der Waals surface area (Å²) >= 11 is 0. The Kier molecular flexibility index (Phi) is 28.7. The van der Waals surface area contributed by atoms with Gasteiger partial charge in [0.15, 0.2) is 0 Å². The predicted octanol–water partition coefficient (Wildman–Crippen LogP) is 15.5. The molecule has 12 aromatic rings. The molecule has 0 aliphatic carbocycles. The molecule has 12 nitrogen and oxygen atoms in total. The summed E-state index contributed by atoms with van der Waals surface area (Å²) in [6, 6.07) is 62.8. The Labute approximate surface area is 501 Å². The zero-order valence-corrected chi connectivity index (χ0v) is 48.5. The maximum atomic E-state index is 13.5. The van der Waals surface area contributed by atoms with Gasteiger partial charge in [0, 0.05) is 113 Å². The largest absolute Gasteiger partial charge is 0.525 e. The number of fused-ring (bicyclic) bond motifs is 6. The van der Waals surface area contributed by atoms with Crippen molar-refractivity contribution in [1.29, 1.82) is 0 Å². The molecule has 6 aromatic carbocycles. The summed E-state index contributed by atoms with van der Waals surface area (Å²) in [6.07, 6.45) is 6.99. The number of pyridine rings is 4. The van der Waals surface area contributed by atoms with Gasteiger partial charge in [-0.2, -0.15) is 21.6 Å². The number of aromatic nitrogens is 4. The molecular weight excluding hydrogens is 1440 g/mol. The summed E-state index contributed by atoms with van der Waals surface area (Å²) in [7, 11) is -4.78. The van der Waals surface area contributed by atoms with Gasteiger partial charge in [-0.25, -0.2) is 14.0 Å². The second-order valence-electron chi connectivity index (χ2n) is 15.3. The van der Waals surface area contributed by atoms with E-state index in [2.05, 4.69) is 42.5 Å². The Bertz CT molecular complexity index is 3650. The summed E-state index contributed by atoms with van der Waals surface area (Å²) in [5, 5.41) is 24.9. The van der Waals surface area contributed by atoms with Crippen molar-refractivity contribution in [3.05, 3.63) is 250 Å². The average molecular weight is 1500 g/mol. The van der Waals surface area contributed by atoms with Crippen molar-refractivity contribution < 1.29 is 102 Å². The van der Waals surface area contributed by atoms with Crippen LogP contribution in [0.5, 0.6) is 0 Å². The molecule has 0 saturated carbocycles. The summed E-state index contributed by atoms with van der Waals surface area (Å²) < 4.78 is 108. The molecule has 0 fully saturated rings. The van der Waals surface area contributed by atoms with Crippen LogP contribution in [0.25, 0.3) is 88.9 Å². The maximum Gasteiger partial charge on any atom is 0.525 e. The van der Waals surface area contributed by atoms with E-state index in [4.69, 9.17) is 27.0 Å². The zero-order valence-electron chi connectivity index (χ0n) is 44.9. The summed E-state index contributed by atoms with van der Waals surface area (Å²) in [5.74, 6) is -1.18. The van der Waals surface area contributed by atoms with Crippen molar-refractivity contribution >= 4 is 54.0 Å². The number of alkyl halides is 3. The third kappa shape index (κ3) is 19.2. The number of aliphatic hydroxyl groups is 2. The minimum atomic E-state index is -5.78. The summed E-state index contributed by atoms with van der Waals surface area (Å²) in [4.78, 5) is 17.1. The fourth-order valence-corrected chi connectivity index (χ4v) is 7.05. The number of hydrogen-bond donors (Lipinski definition) is 3. The van der Waals surface area contributed by atoms with Gasteiger partial charge in [0.05, 0.1) is 14.0 Å². The van der Waals surface area contributed by atoms with E-state index in [-0.39, 0.29) is 84.9 Å². The van der Waals surface area contributed by atoms with Gasteiger partial charge in [0.2, 0.25) is 0 Å². The molecule has 3 N–H and O–H groups in total. The van der Waals surface area contributed by atoms with Crippen LogP contribution in [0.15, 0.2) is 222 Å². The molecule has 0 unspecified atom stereocenters. The van der Waals surface area contributed by atoms with Gasteiger partial charge >= 0.3 is 15.6 Å². The smallest absolute Gasteiger partial charge is 0.500 e. The van der Waals surface area contributed by atoms with Crippen LogP contribution in [0.1, 0.15) is 17.1 Å². The molecule has 6 aromatic heterocycles. The molecule has 0 aliphatic rings. The third-order valence-corrected chi connectivity index (χ3v) is 11.0. The van der Waals surface area contributed by atoms with Crippen molar-refractivity contribution in [3.8, 4) is 45.0 Å². The Morgan fingerprint density at radius 2 is 0.963 bits per heavy atom. The number of hydrogen-bond acceptors (Lipinski definition) is 12. The van der Waals surface area contributed by atoms with Gasteiger partial charge in [-0.05, 0) is 84.7 Å². The number of benzene rings is 6. The second kappa shape index (κ2) is 35.2. The third-order valence-electron chi connectivity index (χ3n) is 10.2. The van der Waals surface area contributed by atoms with Gasteiger partial charge < -0.3 is 41.4 Å². The minimum absolute atomic E-state index is 0. The topological polar surface area (TPSA) is 182 Å². The molecule has 12 rings (SSSR count). The number of para-hydroxylation sites is 1. The van der Waals surface area contributed by atoms with Crippen LogP contribution in [0.3, 0.4) is 0 Å². The zero-order chi connectivity index (χ0) is 57.7. The Morgan fingerprint density at radius 1 is 0.549 bits per heavy atom. The van der Waals surface area contributed by atoms with Gasteiger partial charge in [-0.15, -0.1) is 94.3 Å². The number of aliphatic hydroxyl groups excluding tert-OH is 2. The molecule has 432 valence electrons. The molecule has 0 amide bonds. The molecule has 82 heavy (non-hydrogen) atoms. The van der Waals surface area contributed by atoms with E-state index in [1.165, 1.54) is 12.1 Å². The van der Waals surface area contributed by atoms with Gasteiger partial charge in [-0.1, -0.05) is 73.0 Å². The molecule has 0 bridgehead atoms. The fraction of sp³-hybridized carbons (Fsp3) is 0.0806. The van der Waals surface area contributed by atoms with Crippen LogP contribution >= 0.6 is 0 Å². The molecule has 0 aliphatic heterocycles. The standard InChI is InChI=1S/C17H10FNO.C17H9FNO.2C11H8N.C2H6O.CHF3O4S.CH4O.CH4.CH3.2Ir/c2*18-11-7-8-12-13-4-3-5-14(15-6-1-2-9-19-15)17(13)20-16(12)10-11;2*1-2-6-10(7-3-1)11-8-4-5-9-12-11;1-2-3;2-1(3,4)9(6,7)8-5;1-2;;;;/h1-10H;1-4,6-10H;2*1-6,8-9H;3H,2H2,1H3;5H;2H,1H3;1H4;1H3;;/q;3*-1;;;;;-1;;/i2*10D;;;;;;;;;. The average Bonchev–Trinajstić information content (AvgIpc) is 3.22. The molecular formula is C62H53F5Ir2N4O8S-4. The Balaban J connectivity index is 0.000000359. The van der Waals surface area contributed by atoms with Crippen molar-refractivity contribution in [2.24, 2.45) is 0 Å². The van der Waals surface area contributed by atoms with Crippen LogP contribution in [0.2, 0.25) is 0 Å². The van der Waals surface area contributed by atoms with E-state index >= 15 is 0 Å². The SMILES string of the molecule is C.CCO.CO.O=S(=O)(OO)C(F)(F)F.[2H]c1c(F)ccc2c1oc1c(-c3ccccn3)[c-]ccc12.[2H]c1c(F)ccc2c1oc1c(-c3ccccn3)cccc12.[CH3-].[Ir].[Ir].[c-]1ccccc1-c1ccccn1.[c-]1ccccc1-c1ccccn1. The number of halogens is 5. The first-order valence-corrected chi connectivity index (χ1v) is 24.5. The van der Waals surface area contributed by atoms with E-state index in [9.17, 15) is 30.4 Å². The molecule has 0 saturated heterocycles. The monoisotopic (exact) mass is 1500 g/mol. The Morgan fingerprint density at radius 3 is 1.35 bits per heavy atom. The minimum Gasteiger partial charge on any atom is -0.500 e. The van der Waals surface area contributed by atoms with Crippen LogP contribution in [-0.4, -0.2) is 63.0 Å². The fourth-order valence-electron chi connectivity index (χ4n) is 6.97. The number of rotatable bonds is 5. The van der Waals surface area contributed by atoms with Crippen LogP contribution in [0.4, 0.5) is 22.0 Å². The van der Waals surface area contributed by atoms with E-state index in [1.807, 2.05) is 146 Å². The molecule has 2 radical (unpaired) electrons. The molecule has 20 heteroatoms. The number of nitrogens with zero attached hydrogens (tertiary/aromatic N) is 4. The van der Waals surface area contributed by atoms with E-state index in [0.29, 0.717) is 16.7 Å². The van der Waals surface area contributed by atoms with E-state index < -0.39 is 27.3 Å².